The lowest BCUT2D eigenvalue weighted by atomic mass is 9.49. The highest BCUT2D eigenvalue weighted by atomic mass is 16.3. The number of aliphatic hydroxyl groups excluding tert-OH is 1. The fourth-order valence-electron chi connectivity index (χ4n) is 4.09. The Balaban J connectivity index is 1.64. The molecule has 17 heavy (non-hydrogen) atoms. The van der Waals surface area contributed by atoms with Crippen LogP contribution in [0.1, 0.15) is 39.5 Å². The van der Waals surface area contributed by atoms with Crippen molar-refractivity contribution in [3.05, 3.63) is 11.6 Å². The Morgan fingerprint density at radius 3 is 2.94 bits per heavy atom. The van der Waals surface area contributed by atoms with Crippen molar-refractivity contribution in [2.75, 3.05) is 19.6 Å². The molecule has 1 heterocycles. The zero-order valence-corrected chi connectivity index (χ0v) is 11.2. The minimum absolute atomic E-state index is 0.0879. The molecule has 0 spiro atoms. The van der Waals surface area contributed by atoms with Crippen LogP contribution in [0.2, 0.25) is 0 Å². The summed E-state index contributed by atoms with van der Waals surface area (Å²) < 4.78 is 0. The van der Waals surface area contributed by atoms with Crippen LogP contribution in [0.4, 0.5) is 0 Å². The molecule has 1 saturated carbocycles. The molecule has 0 aromatic rings. The maximum Gasteiger partial charge on any atom is 0.0667 e. The maximum absolute atomic E-state index is 9.73. The van der Waals surface area contributed by atoms with Crippen LogP contribution in [-0.2, 0) is 0 Å². The molecule has 1 saturated heterocycles. The fourth-order valence-corrected chi connectivity index (χ4v) is 4.09. The van der Waals surface area contributed by atoms with Crippen molar-refractivity contribution in [1.82, 2.24) is 4.90 Å². The van der Waals surface area contributed by atoms with E-state index in [2.05, 4.69) is 24.8 Å². The van der Waals surface area contributed by atoms with E-state index in [-0.39, 0.29) is 6.10 Å². The van der Waals surface area contributed by atoms with Crippen LogP contribution < -0.4 is 0 Å². The van der Waals surface area contributed by atoms with Gasteiger partial charge in [-0.1, -0.05) is 25.5 Å². The van der Waals surface area contributed by atoms with Gasteiger partial charge in [0.05, 0.1) is 6.10 Å². The van der Waals surface area contributed by atoms with Crippen LogP contribution in [0.5, 0.6) is 0 Å². The first-order valence-corrected chi connectivity index (χ1v) is 7.16. The third-order valence-electron chi connectivity index (χ3n) is 5.47. The summed E-state index contributed by atoms with van der Waals surface area (Å²) in [4.78, 5) is 2.45. The van der Waals surface area contributed by atoms with E-state index in [0.717, 1.165) is 37.8 Å². The molecule has 1 N–H and O–H groups in total. The predicted molar refractivity (Wildman–Crippen MR) is 69.8 cm³/mol. The summed E-state index contributed by atoms with van der Waals surface area (Å²) in [6.07, 6.45) is 7.25. The van der Waals surface area contributed by atoms with Crippen molar-refractivity contribution < 1.29 is 5.11 Å². The number of allylic oxidation sites excluding steroid dienone is 1. The van der Waals surface area contributed by atoms with Gasteiger partial charge in [-0.3, -0.25) is 4.90 Å². The second kappa shape index (κ2) is 4.10. The Morgan fingerprint density at radius 1 is 1.47 bits per heavy atom. The van der Waals surface area contributed by atoms with Gasteiger partial charge in [0.15, 0.2) is 0 Å². The number of β-amino-alcohol motifs (C(OH)–C–C–N with tert-alkyl or cyclic N) is 1. The highest BCUT2D eigenvalue weighted by Gasteiger charge is 2.51. The normalized spacial score (nSPS) is 40.6. The molecule has 1 aliphatic heterocycles. The van der Waals surface area contributed by atoms with Crippen molar-refractivity contribution in [3.8, 4) is 0 Å². The summed E-state index contributed by atoms with van der Waals surface area (Å²) in [6, 6.07) is 0. The van der Waals surface area contributed by atoms with Gasteiger partial charge in [-0.15, -0.1) is 0 Å². The number of hydrogen-bond donors (Lipinski definition) is 1. The van der Waals surface area contributed by atoms with Crippen LogP contribution in [0.15, 0.2) is 11.6 Å². The van der Waals surface area contributed by atoms with Crippen molar-refractivity contribution in [1.29, 1.82) is 0 Å². The van der Waals surface area contributed by atoms with Crippen LogP contribution in [0, 0.1) is 17.3 Å². The molecular weight excluding hydrogens is 210 g/mol. The summed E-state index contributed by atoms with van der Waals surface area (Å²) in [5.74, 6) is 1.75. The monoisotopic (exact) mass is 235 g/mol. The van der Waals surface area contributed by atoms with E-state index < -0.39 is 0 Å². The van der Waals surface area contributed by atoms with E-state index >= 15 is 0 Å². The number of fused-ring (bicyclic) bond motifs is 1. The van der Waals surface area contributed by atoms with E-state index in [9.17, 15) is 5.11 Å². The SMILES string of the molecule is CC1(C)[C@@H]2CC=C(CN3CCC[C@H](O)C3)[C@@H]1C2. The van der Waals surface area contributed by atoms with Gasteiger partial charge in [-0.25, -0.2) is 0 Å². The third kappa shape index (κ3) is 1.96. The topological polar surface area (TPSA) is 23.5 Å². The highest BCUT2D eigenvalue weighted by Crippen LogP contribution is 2.59. The number of likely N-dealkylation sites (tertiary alicyclic amines) is 1. The summed E-state index contributed by atoms with van der Waals surface area (Å²) in [6.45, 7) is 8.03. The molecule has 2 nitrogen and oxygen atoms in total. The average molecular weight is 235 g/mol. The molecule has 3 aliphatic carbocycles. The molecule has 2 heteroatoms. The van der Waals surface area contributed by atoms with Crippen molar-refractivity contribution in [2.45, 2.75) is 45.6 Å². The number of nitrogens with zero attached hydrogens (tertiary/aromatic N) is 1. The van der Waals surface area contributed by atoms with Gasteiger partial charge in [0.1, 0.15) is 0 Å². The van der Waals surface area contributed by atoms with Crippen LogP contribution >= 0.6 is 0 Å². The summed E-state index contributed by atoms with van der Waals surface area (Å²) in [5.41, 5.74) is 2.20. The van der Waals surface area contributed by atoms with E-state index in [4.69, 9.17) is 0 Å². The van der Waals surface area contributed by atoms with E-state index in [1.807, 2.05) is 0 Å². The number of rotatable bonds is 2. The Labute approximate surface area is 105 Å². The zero-order chi connectivity index (χ0) is 12.0. The third-order valence-corrected chi connectivity index (χ3v) is 5.47. The second-order valence-electron chi connectivity index (χ2n) is 6.85. The smallest absolute Gasteiger partial charge is 0.0667 e. The Kier molecular flexibility index (Phi) is 2.83. The largest absolute Gasteiger partial charge is 0.392 e. The molecule has 2 fully saturated rings. The molecule has 2 bridgehead atoms. The summed E-state index contributed by atoms with van der Waals surface area (Å²) >= 11 is 0. The van der Waals surface area contributed by atoms with Crippen molar-refractivity contribution >= 4 is 0 Å². The fraction of sp³-hybridized carbons (Fsp3) is 0.867. The van der Waals surface area contributed by atoms with Gasteiger partial charge in [-0.05, 0) is 49.5 Å². The Hall–Kier alpha value is -0.340. The van der Waals surface area contributed by atoms with Gasteiger partial charge >= 0.3 is 0 Å². The molecule has 0 unspecified atom stereocenters. The van der Waals surface area contributed by atoms with Gasteiger partial charge in [-0.2, -0.15) is 0 Å². The van der Waals surface area contributed by atoms with Gasteiger partial charge in [0.25, 0.3) is 0 Å². The second-order valence-corrected chi connectivity index (χ2v) is 6.85. The molecule has 0 amide bonds. The molecule has 0 aromatic heterocycles. The first-order chi connectivity index (χ1) is 8.07. The molecule has 4 aliphatic rings. The van der Waals surface area contributed by atoms with Crippen molar-refractivity contribution in [3.63, 3.8) is 0 Å². The summed E-state index contributed by atoms with van der Waals surface area (Å²) in [5, 5.41) is 9.73. The maximum atomic E-state index is 9.73. The van der Waals surface area contributed by atoms with Gasteiger partial charge < -0.3 is 5.11 Å². The lowest BCUT2D eigenvalue weighted by Crippen LogP contribution is -2.50. The molecule has 3 atom stereocenters. The minimum Gasteiger partial charge on any atom is -0.392 e. The average Bonchev–Trinajstić information content (AvgIpc) is 2.29. The van der Waals surface area contributed by atoms with Crippen LogP contribution in [0.25, 0.3) is 0 Å². The minimum atomic E-state index is -0.0879. The van der Waals surface area contributed by atoms with E-state index in [0.29, 0.717) is 5.41 Å². The van der Waals surface area contributed by atoms with Crippen LogP contribution in [-0.4, -0.2) is 35.7 Å². The molecule has 0 radical (unpaired) electrons. The predicted octanol–water partition coefficient (Wildman–Crippen LogP) is 2.44. The van der Waals surface area contributed by atoms with E-state index in [1.165, 1.54) is 19.4 Å². The quantitative estimate of drug-likeness (QED) is 0.743. The molecule has 96 valence electrons. The Bertz CT molecular complexity index is 334. The first-order valence-electron chi connectivity index (χ1n) is 7.16. The first kappa shape index (κ1) is 11.7. The highest BCUT2D eigenvalue weighted by molar-refractivity contribution is 5.24. The van der Waals surface area contributed by atoms with E-state index in [1.54, 1.807) is 5.57 Å². The lowest BCUT2D eigenvalue weighted by molar-refractivity contribution is -0.0136. The molecule has 4 rings (SSSR count). The van der Waals surface area contributed by atoms with Gasteiger partial charge in [0, 0.05) is 13.1 Å². The summed E-state index contributed by atoms with van der Waals surface area (Å²) in [7, 11) is 0. The zero-order valence-electron chi connectivity index (χ0n) is 11.2. The number of aliphatic hydroxyl groups is 1. The van der Waals surface area contributed by atoms with Gasteiger partial charge in [0.2, 0.25) is 0 Å². The number of piperidine rings is 1. The standard InChI is InChI=1S/C15H25NO/c1-15(2)12-6-5-11(14(15)8-12)9-16-7-3-4-13(17)10-16/h5,12-14,17H,3-4,6-10H2,1-2H3/t12-,13+,14+/m1/s1. The molecular formula is C15H25NO. The van der Waals surface area contributed by atoms with Crippen LogP contribution in [0.3, 0.4) is 0 Å². The molecule has 0 aromatic carbocycles. The number of hydrogen-bond acceptors (Lipinski definition) is 2. The lowest BCUT2D eigenvalue weighted by Gasteiger charge is -2.57. The van der Waals surface area contributed by atoms with Crippen molar-refractivity contribution in [2.24, 2.45) is 17.3 Å². The Morgan fingerprint density at radius 2 is 2.29 bits per heavy atom.